The zero-order valence-electron chi connectivity index (χ0n) is 10.8. The van der Waals surface area contributed by atoms with Gasteiger partial charge in [-0.15, -0.1) is 0 Å². The number of ether oxygens (including phenoxy) is 2. The van der Waals surface area contributed by atoms with Gasteiger partial charge in [-0.1, -0.05) is 6.92 Å². The van der Waals surface area contributed by atoms with E-state index in [2.05, 4.69) is 6.92 Å². The molecule has 0 aromatic heterocycles. The lowest BCUT2D eigenvalue weighted by Gasteiger charge is -2.25. The Morgan fingerprint density at radius 2 is 2.24 bits per heavy atom. The van der Waals surface area contributed by atoms with Crippen LogP contribution in [-0.4, -0.2) is 31.2 Å². The highest BCUT2D eigenvalue weighted by Crippen LogP contribution is 2.26. The van der Waals surface area contributed by atoms with E-state index >= 15 is 0 Å². The molecular formula is C13H25NO3. The van der Waals surface area contributed by atoms with Gasteiger partial charge in [-0.2, -0.15) is 0 Å². The van der Waals surface area contributed by atoms with Gasteiger partial charge in [-0.05, 0) is 37.8 Å². The van der Waals surface area contributed by atoms with E-state index in [9.17, 15) is 5.11 Å². The van der Waals surface area contributed by atoms with Crippen molar-refractivity contribution in [2.75, 3.05) is 19.8 Å². The van der Waals surface area contributed by atoms with Crippen LogP contribution in [0.1, 0.15) is 45.4 Å². The molecule has 4 heteroatoms. The fourth-order valence-electron chi connectivity index (χ4n) is 1.97. The summed E-state index contributed by atoms with van der Waals surface area (Å²) in [6.07, 6.45) is 4.82. The lowest BCUT2D eigenvalue weighted by atomic mass is 10.0. The largest absolute Gasteiger partial charge is 0.469 e. The summed E-state index contributed by atoms with van der Waals surface area (Å²) < 4.78 is 11.0. The lowest BCUT2D eigenvalue weighted by Crippen LogP contribution is -2.19. The summed E-state index contributed by atoms with van der Waals surface area (Å²) in [5, 5.41) is 9.45. The minimum absolute atomic E-state index is 0.627. The Morgan fingerprint density at radius 3 is 2.94 bits per heavy atom. The Kier molecular flexibility index (Phi) is 7.24. The molecule has 0 saturated carbocycles. The van der Waals surface area contributed by atoms with E-state index in [4.69, 9.17) is 15.2 Å². The quantitative estimate of drug-likeness (QED) is 0.639. The van der Waals surface area contributed by atoms with Crippen molar-refractivity contribution in [1.82, 2.24) is 0 Å². The minimum atomic E-state index is -0.627. The van der Waals surface area contributed by atoms with Gasteiger partial charge in [-0.3, -0.25) is 0 Å². The highest BCUT2D eigenvalue weighted by atomic mass is 16.6. The number of nitrogens with two attached hydrogens (primary N) is 1. The summed E-state index contributed by atoms with van der Waals surface area (Å²) in [4.78, 5) is 0. The second-order valence-electron chi connectivity index (χ2n) is 4.35. The predicted molar refractivity (Wildman–Crippen MR) is 67.4 cm³/mol. The molecular weight excluding hydrogens is 218 g/mol. The van der Waals surface area contributed by atoms with E-state index in [1.807, 2.05) is 0 Å². The van der Waals surface area contributed by atoms with Crippen molar-refractivity contribution < 1.29 is 14.6 Å². The molecule has 4 nitrogen and oxygen atoms in total. The van der Waals surface area contributed by atoms with Crippen molar-refractivity contribution >= 4 is 0 Å². The summed E-state index contributed by atoms with van der Waals surface area (Å²) in [7, 11) is 0. The Hall–Kier alpha value is -0.580. The van der Waals surface area contributed by atoms with Crippen LogP contribution in [0.5, 0.6) is 0 Å². The summed E-state index contributed by atoms with van der Waals surface area (Å²) in [5.41, 5.74) is 6.72. The van der Waals surface area contributed by atoms with Gasteiger partial charge in [-0.25, -0.2) is 0 Å². The highest BCUT2D eigenvalue weighted by molar-refractivity contribution is 5.11. The molecule has 3 N–H and O–H groups in total. The van der Waals surface area contributed by atoms with Gasteiger partial charge >= 0.3 is 0 Å². The van der Waals surface area contributed by atoms with E-state index in [-0.39, 0.29) is 0 Å². The number of allylic oxidation sites excluding steroid dienone is 1. The monoisotopic (exact) mass is 243 g/mol. The molecule has 0 bridgehead atoms. The third-order valence-electron chi connectivity index (χ3n) is 3.01. The van der Waals surface area contributed by atoms with Crippen molar-refractivity contribution in [3.63, 3.8) is 0 Å². The molecule has 1 rings (SSSR count). The zero-order chi connectivity index (χ0) is 12.5. The van der Waals surface area contributed by atoms with E-state index in [1.165, 1.54) is 5.57 Å². The first-order valence-electron chi connectivity index (χ1n) is 6.61. The molecule has 1 heterocycles. The van der Waals surface area contributed by atoms with Crippen LogP contribution in [0.4, 0.5) is 0 Å². The molecule has 0 radical (unpaired) electrons. The van der Waals surface area contributed by atoms with Crippen LogP contribution < -0.4 is 5.73 Å². The zero-order valence-corrected chi connectivity index (χ0v) is 10.8. The second kappa shape index (κ2) is 8.50. The molecule has 0 amide bonds. The minimum Gasteiger partial charge on any atom is -0.469 e. The van der Waals surface area contributed by atoms with E-state index in [0.717, 1.165) is 51.0 Å². The number of unbranched alkanes of at least 4 members (excludes halogenated alkanes) is 1. The summed E-state index contributed by atoms with van der Waals surface area (Å²) in [6, 6.07) is 0. The Morgan fingerprint density at radius 1 is 1.41 bits per heavy atom. The van der Waals surface area contributed by atoms with Crippen LogP contribution in [-0.2, 0) is 9.47 Å². The van der Waals surface area contributed by atoms with Gasteiger partial charge in [0.2, 0.25) is 0 Å². The first-order chi connectivity index (χ1) is 8.27. The number of aliphatic hydroxyl groups is 1. The fraction of sp³-hybridized carbons (Fsp3) is 0.846. The first-order valence-corrected chi connectivity index (χ1v) is 6.61. The van der Waals surface area contributed by atoms with Crippen molar-refractivity contribution in [1.29, 1.82) is 0 Å². The van der Waals surface area contributed by atoms with Crippen molar-refractivity contribution in [3.8, 4) is 0 Å². The van der Waals surface area contributed by atoms with Gasteiger partial charge in [0.15, 0.2) is 6.29 Å². The summed E-state index contributed by atoms with van der Waals surface area (Å²) in [5.74, 6) is 0.935. The Bertz CT molecular complexity index is 241. The van der Waals surface area contributed by atoms with Crippen LogP contribution in [0.15, 0.2) is 11.3 Å². The van der Waals surface area contributed by atoms with Crippen LogP contribution in [0, 0.1) is 0 Å². The predicted octanol–water partition coefficient (Wildman–Crippen LogP) is 1.92. The van der Waals surface area contributed by atoms with Crippen LogP contribution in [0.25, 0.3) is 0 Å². The van der Waals surface area contributed by atoms with Crippen molar-refractivity contribution in [2.45, 2.75) is 51.7 Å². The van der Waals surface area contributed by atoms with Crippen LogP contribution in [0.2, 0.25) is 0 Å². The molecule has 0 saturated heterocycles. The second-order valence-corrected chi connectivity index (χ2v) is 4.35. The molecule has 0 aromatic carbocycles. The molecule has 100 valence electrons. The van der Waals surface area contributed by atoms with E-state index in [0.29, 0.717) is 13.0 Å². The van der Waals surface area contributed by atoms with Gasteiger partial charge < -0.3 is 20.3 Å². The Labute approximate surface area is 104 Å². The molecule has 1 atom stereocenters. The summed E-state index contributed by atoms with van der Waals surface area (Å²) >= 11 is 0. The van der Waals surface area contributed by atoms with Gasteiger partial charge in [0.05, 0.1) is 6.61 Å². The highest BCUT2D eigenvalue weighted by Gasteiger charge is 2.18. The maximum atomic E-state index is 9.45. The van der Waals surface area contributed by atoms with Gasteiger partial charge in [0.1, 0.15) is 5.76 Å². The van der Waals surface area contributed by atoms with E-state index in [1.54, 1.807) is 0 Å². The maximum Gasteiger partial charge on any atom is 0.197 e. The molecule has 0 spiro atoms. The number of rotatable bonds is 8. The number of hydrogen-bond donors (Lipinski definition) is 2. The first kappa shape index (κ1) is 14.5. The summed E-state index contributed by atoms with van der Waals surface area (Å²) in [6.45, 7) is 4.27. The van der Waals surface area contributed by atoms with Crippen LogP contribution in [0.3, 0.4) is 0 Å². The molecule has 0 aromatic rings. The topological polar surface area (TPSA) is 64.7 Å². The smallest absolute Gasteiger partial charge is 0.197 e. The lowest BCUT2D eigenvalue weighted by molar-refractivity contribution is -0.0845. The number of aliphatic hydroxyl groups excluding tert-OH is 1. The fourth-order valence-corrected chi connectivity index (χ4v) is 1.97. The van der Waals surface area contributed by atoms with Crippen LogP contribution >= 0.6 is 0 Å². The van der Waals surface area contributed by atoms with Gasteiger partial charge in [0, 0.05) is 19.4 Å². The number of hydrogen-bond acceptors (Lipinski definition) is 4. The van der Waals surface area contributed by atoms with Crippen molar-refractivity contribution in [2.24, 2.45) is 5.73 Å². The average Bonchev–Trinajstić information content (AvgIpc) is 2.34. The molecule has 1 aliphatic heterocycles. The molecule has 0 fully saturated rings. The van der Waals surface area contributed by atoms with E-state index < -0.39 is 6.29 Å². The average molecular weight is 243 g/mol. The maximum absolute atomic E-state index is 9.45. The Balaban J connectivity index is 2.21. The normalized spacial score (nSPS) is 20.5. The molecule has 17 heavy (non-hydrogen) atoms. The molecule has 1 unspecified atom stereocenters. The molecule has 1 aliphatic rings. The van der Waals surface area contributed by atoms with Gasteiger partial charge in [0.25, 0.3) is 0 Å². The van der Waals surface area contributed by atoms with Crippen molar-refractivity contribution in [3.05, 3.63) is 11.3 Å². The third-order valence-corrected chi connectivity index (χ3v) is 3.01. The SMILES string of the molecule is CCC1=C(CCOCCCCN)OC(O)CC1. The standard InChI is InChI=1S/C13H25NO3/c1-2-11-5-6-13(15)17-12(11)7-10-16-9-4-3-8-14/h13,15H,2-10,14H2,1H3. The molecule has 0 aliphatic carbocycles. The third kappa shape index (κ3) is 5.52.